The molecule has 43 heavy (non-hydrogen) atoms. The van der Waals surface area contributed by atoms with E-state index >= 15 is 0 Å². The lowest BCUT2D eigenvalue weighted by molar-refractivity contribution is 0.0808. The molecule has 2 aliphatic rings. The van der Waals surface area contributed by atoms with Crippen molar-refractivity contribution in [3.63, 3.8) is 0 Å². The summed E-state index contributed by atoms with van der Waals surface area (Å²) < 4.78 is 7.49. The minimum atomic E-state index is -1.26. The average molecular weight is 601 g/mol. The molecule has 1 aromatic carbocycles. The van der Waals surface area contributed by atoms with Crippen LogP contribution >= 0.6 is 0 Å². The molecule has 11 heteroatoms. The van der Waals surface area contributed by atoms with Gasteiger partial charge in [0.15, 0.2) is 5.69 Å². The van der Waals surface area contributed by atoms with Gasteiger partial charge in [0.1, 0.15) is 12.8 Å². The quantitative estimate of drug-likeness (QED) is 0.222. The first-order valence-electron chi connectivity index (χ1n) is 14.9. The lowest BCUT2D eigenvalue weighted by Gasteiger charge is -2.39. The number of imidazole rings is 1. The van der Waals surface area contributed by atoms with Crippen LogP contribution in [0, 0.1) is 28.2 Å². The number of rotatable bonds is 9. The van der Waals surface area contributed by atoms with Crippen LogP contribution in [0.5, 0.6) is 0 Å². The summed E-state index contributed by atoms with van der Waals surface area (Å²) >= 11 is 0. The van der Waals surface area contributed by atoms with E-state index in [1.165, 1.54) is 5.57 Å². The summed E-state index contributed by atoms with van der Waals surface area (Å²) in [5, 5.41) is 21.7. The van der Waals surface area contributed by atoms with E-state index in [9.17, 15) is 10.1 Å². The highest BCUT2D eigenvalue weighted by atomic mass is 28.3. The van der Waals surface area contributed by atoms with Gasteiger partial charge in [-0.15, -0.1) is 4.99 Å². The number of benzene rings is 1. The summed E-state index contributed by atoms with van der Waals surface area (Å²) in [5.74, 6) is 0.632. The highest BCUT2D eigenvalue weighted by Crippen LogP contribution is 2.41. The lowest BCUT2D eigenvalue weighted by atomic mass is 9.76. The van der Waals surface area contributed by atoms with Crippen molar-refractivity contribution in [2.75, 3.05) is 39.1 Å². The van der Waals surface area contributed by atoms with Crippen molar-refractivity contribution in [3.8, 4) is 12.3 Å². The number of carbonyl (C=O) groups excluding carboxylic acids is 1. The number of allylic oxidation sites excluding steroid dienone is 2. The second-order valence-electron chi connectivity index (χ2n) is 13.7. The number of nitriles is 2. The molecule has 1 aliphatic heterocycles. The minimum Gasteiger partial charge on any atom is -0.361 e. The molecule has 0 bridgehead atoms. The van der Waals surface area contributed by atoms with Crippen LogP contribution in [0.3, 0.4) is 0 Å². The molecule has 4 rings (SSSR count). The molecule has 2 aromatic rings. The van der Waals surface area contributed by atoms with Gasteiger partial charge in [0.25, 0.3) is 5.91 Å². The third kappa shape index (κ3) is 8.13. The maximum atomic E-state index is 13.6. The molecule has 1 saturated heterocycles. The predicted molar refractivity (Wildman–Crippen MR) is 172 cm³/mol. The van der Waals surface area contributed by atoms with E-state index in [1.807, 2.05) is 42.2 Å². The van der Waals surface area contributed by atoms with Crippen molar-refractivity contribution in [3.05, 3.63) is 53.1 Å². The minimum absolute atomic E-state index is 0.151. The summed E-state index contributed by atoms with van der Waals surface area (Å²) in [6.07, 6.45) is 8.72. The molecule has 10 nitrogen and oxygen atoms in total. The fourth-order valence-electron chi connectivity index (χ4n) is 5.58. The highest BCUT2D eigenvalue weighted by molar-refractivity contribution is 6.76. The number of aromatic nitrogens is 2. The third-order valence-corrected chi connectivity index (χ3v) is 9.93. The van der Waals surface area contributed by atoms with E-state index in [-0.39, 0.29) is 35.5 Å². The molecule has 1 aromatic heterocycles. The van der Waals surface area contributed by atoms with Gasteiger partial charge in [0.05, 0.1) is 0 Å². The van der Waals surface area contributed by atoms with Crippen LogP contribution in [-0.2, 0) is 11.5 Å². The topological polar surface area (TPSA) is 123 Å². The maximum Gasteiger partial charge on any atom is 0.291 e. The van der Waals surface area contributed by atoms with Crippen molar-refractivity contribution in [1.82, 2.24) is 19.4 Å². The zero-order chi connectivity index (χ0) is 31.4. The Bertz CT molecular complexity index is 1470. The second kappa shape index (κ2) is 13.1. The largest absolute Gasteiger partial charge is 0.361 e. The number of nitrogens with zero attached hydrogens (tertiary/aromatic N) is 7. The average Bonchev–Trinajstić information content (AvgIpc) is 3.36. The van der Waals surface area contributed by atoms with E-state index in [0.717, 1.165) is 55.2 Å². The second-order valence-corrected chi connectivity index (χ2v) is 19.3. The van der Waals surface area contributed by atoms with Crippen molar-refractivity contribution in [2.45, 2.75) is 71.4 Å². The molecule has 0 saturated carbocycles. The molecule has 1 amide bonds. The summed E-state index contributed by atoms with van der Waals surface area (Å²) in [6.45, 7) is 13.7. The summed E-state index contributed by atoms with van der Waals surface area (Å²) in [7, 11) is 2.64. The van der Waals surface area contributed by atoms with Gasteiger partial charge in [-0.3, -0.25) is 4.79 Å². The Morgan fingerprint density at radius 1 is 1.21 bits per heavy atom. The summed E-state index contributed by atoms with van der Waals surface area (Å²) in [4.78, 5) is 25.9. The van der Waals surface area contributed by atoms with Crippen molar-refractivity contribution in [1.29, 1.82) is 10.5 Å². The van der Waals surface area contributed by atoms with Gasteiger partial charge in [-0.25, -0.2) is 4.98 Å². The van der Waals surface area contributed by atoms with Crippen LogP contribution in [-0.4, -0.2) is 73.1 Å². The van der Waals surface area contributed by atoms with Crippen LogP contribution in [0.25, 0.3) is 5.57 Å². The van der Waals surface area contributed by atoms with E-state index in [2.05, 4.69) is 67.0 Å². The molecule has 1 fully saturated rings. The Labute approximate surface area is 256 Å². The highest BCUT2D eigenvalue weighted by Gasteiger charge is 2.29. The normalized spacial score (nSPS) is 18.5. The van der Waals surface area contributed by atoms with Gasteiger partial charge in [-0.05, 0) is 54.0 Å². The first-order valence-corrected chi connectivity index (χ1v) is 18.6. The molecule has 2 heterocycles. The van der Waals surface area contributed by atoms with E-state index in [4.69, 9.17) is 10.00 Å². The fraction of sp³-hybridized carbons (Fsp3) is 0.531. The van der Waals surface area contributed by atoms with Crippen molar-refractivity contribution < 1.29 is 9.53 Å². The van der Waals surface area contributed by atoms with Crippen molar-refractivity contribution >= 4 is 31.2 Å². The van der Waals surface area contributed by atoms with Gasteiger partial charge in [0, 0.05) is 65.2 Å². The molecular formula is C32H44N8O2Si. The SMILES string of the molecule is CN1CC(c2ccc(NC(=O)c3nc(C#N)cn3COCC[Si](C)(C)C)c(C3=CCC(C)(C)CC3)c2)CN(C)C1=NC#N. The molecule has 1 aliphatic carbocycles. The molecule has 228 valence electrons. The number of aliphatic imine (C=N–C) groups is 1. The standard InChI is InChI=1S/C32H44N8O2Si/c1-32(2)12-10-23(11-13-32)27-16-24(25-18-38(3)31(35-21-34)39(4)19-25)8-9-28(27)37-30(41)29-36-26(17-33)20-40(29)22-42-14-15-43(5,6)7/h8-10,16,20,25H,11-15,18-19,22H2,1-7H3,(H,37,41). The maximum absolute atomic E-state index is 13.6. The van der Waals surface area contributed by atoms with Gasteiger partial charge < -0.3 is 24.4 Å². The van der Waals surface area contributed by atoms with Crippen LogP contribution in [0.1, 0.15) is 66.5 Å². The molecule has 0 radical (unpaired) electrons. The van der Waals surface area contributed by atoms with Gasteiger partial charge >= 0.3 is 0 Å². The fourth-order valence-corrected chi connectivity index (χ4v) is 6.34. The van der Waals surface area contributed by atoms with Crippen molar-refractivity contribution in [2.24, 2.45) is 10.4 Å². The first kappa shape index (κ1) is 32.0. The Morgan fingerprint density at radius 2 is 1.93 bits per heavy atom. The van der Waals surface area contributed by atoms with E-state index in [1.54, 1.807) is 10.8 Å². The monoisotopic (exact) mass is 600 g/mol. The summed E-state index contributed by atoms with van der Waals surface area (Å²) in [5.41, 5.74) is 4.53. The van der Waals surface area contributed by atoms with Gasteiger partial charge in [-0.2, -0.15) is 10.5 Å². The Kier molecular flexibility index (Phi) is 9.78. The van der Waals surface area contributed by atoms with E-state index < -0.39 is 8.07 Å². The Balaban J connectivity index is 1.62. The molecule has 0 unspecified atom stereocenters. The summed E-state index contributed by atoms with van der Waals surface area (Å²) in [6, 6.07) is 9.30. The van der Waals surface area contributed by atoms with E-state index in [0.29, 0.717) is 12.6 Å². The number of carbonyl (C=O) groups is 1. The number of likely N-dealkylation sites (N-methyl/N-ethyl adjacent to an activating group) is 2. The number of hydrogen-bond acceptors (Lipinski definition) is 6. The number of anilines is 1. The zero-order valence-corrected chi connectivity index (χ0v) is 27.6. The first-order chi connectivity index (χ1) is 20.3. The Morgan fingerprint density at radius 3 is 2.53 bits per heavy atom. The molecule has 1 N–H and O–H groups in total. The number of hydrogen-bond donors (Lipinski definition) is 1. The predicted octanol–water partition coefficient (Wildman–Crippen LogP) is 5.71. The van der Waals surface area contributed by atoms with Gasteiger partial charge in [0.2, 0.25) is 18.0 Å². The number of ether oxygens (including phenoxy) is 1. The molecule has 0 atom stereocenters. The zero-order valence-electron chi connectivity index (χ0n) is 26.6. The van der Waals surface area contributed by atoms with Crippen LogP contribution < -0.4 is 5.32 Å². The smallest absolute Gasteiger partial charge is 0.291 e. The van der Waals surface area contributed by atoms with Crippen LogP contribution in [0.4, 0.5) is 5.69 Å². The van der Waals surface area contributed by atoms with Crippen LogP contribution in [0.2, 0.25) is 25.7 Å². The Hall–Kier alpha value is -3.93. The van der Waals surface area contributed by atoms with Crippen LogP contribution in [0.15, 0.2) is 35.5 Å². The third-order valence-electron chi connectivity index (χ3n) is 8.22. The lowest BCUT2D eigenvalue weighted by Crippen LogP contribution is -2.49. The number of guanidine groups is 1. The van der Waals surface area contributed by atoms with Gasteiger partial charge in [-0.1, -0.05) is 45.6 Å². The molecule has 0 spiro atoms. The number of amides is 1. The molecular weight excluding hydrogens is 556 g/mol. The number of nitrogens with one attached hydrogen (secondary N) is 1.